The molecule has 2 rings (SSSR count). The lowest BCUT2D eigenvalue weighted by atomic mass is 9.95. The first kappa shape index (κ1) is 11.9. The van der Waals surface area contributed by atoms with Crippen LogP contribution in [0.15, 0.2) is 24.3 Å². The van der Waals surface area contributed by atoms with Gasteiger partial charge in [0.1, 0.15) is 0 Å². The zero-order valence-corrected chi connectivity index (χ0v) is 10.3. The second-order valence-electron chi connectivity index (χ2n) is 3.97. The van der Waals surface area contributed by atoms with Gasteiger partial charge in [0, 0.05) is 16.6 Å². The average molecular weight is 261 g/mol. The van der Waals surface area contributed by atoms with Gasteiger partial charge in [0.25, 0.3) is 0 Å². The molecule has 16 heavy (non-hydrogen) atoms. The van der Waals surface area contributed by atoms with Crippen LogP contribution in [0.25, 0.3) is 0 Å². The monoisotopic (exact) mass is 260 g/mol. The Hall–Kier alpha value is -0.580. The molecule has 0 amide bonds. The van der Waals surface area contributed by atoms with Gasteiger partial charge in [-0.2, -0.15) is 0 Å². The van der Waals surface area contributed by atoms with Gasteiger partial charge in [0.15, 0.2) is 0 Å². The van der Waals surface area contributed by atoms with Crippen molar-refractivity contribution in [2.24, 2.45) is 0 Å². The fourth-order valence-electron chi connectivity index (χ4n) is 1.67. The Labute approximate surface area is 99.8 Å². The minimum Gasteiger partial charge on any atom is -0.380 e. The number of aryl methyl sites for hydroxylation is 1. The molecule has 0 radical (unpaired) electrons. The van der Waals surface area contributed by atoms with Gasteiger partial charge >= 0.3 is 0 Å². The van der Waals surface area contributed by atoms with E-state index in [-0.39, 0.29) is 5.75 Å². The number of rotatable bonds is 4. The highest BCUT2D eigenvalue weighted by Crippen LogP contribution is 2.24. The van der Waals surface area contributed by atoms with E-state index in [1.54, 1.807) is 0 Å². The lowest BCUT2D eigenvalue weighted by Gasteiger charge is -2.26. The van der Waals surface area contributed by atoms with Gasteiger partial charge in [-0.3, -0.25) is 0 Å². The molecule has 1 saturated heterocycles. The van der Waals surface area contributed by atoms with Crippen LogP contribution in [0, 0.1) is 0 Å². The SMILES string of the molecule is O=S(=O)(Cl)CCc1cccc(C2COC2)c1. The standard InChI is InChI=1S/C11H13ClO3S/c12-16(13,14)5-4-9-2-1-3-10(6-9)11-7-15-8-11/h1-3,6,11H,4-5,7-8H2. The number of ether oxygens (including phenoxy) is 1. The van der Waals surface area contributed by atoms with Crippen LogP contribution in [0.4, 0.5) is 0 Å². The van der Waals surface area contributed by atoms with E-state index in [2.05, 4.69) is 0 Å². The molecule has 0 atom stereocenters. The maximum absolute atomic E-state index is 10.8. The van der Waals surface area contributed by atoms with Gasteiger partial charge in [-0.15, -0.1) is 0 Å². The van der Waals surface area contributed by atoms with E-state index in [0.717, 1.165) is 18.8 Å². The molecule has 3 nitrogen and oxygen atoms in total. The molecule has 0 aromatic heterocycles. The molecular formula is C11H13ClO3S. The molecule has 1 aliphatic heterocycles. The Balaban J connectivity index is 2.04. The van der Waals surface area contributed by atoms with Crippen molar-refractivity contribution in [3.05, 3.63) is 35.4 Å². The van der Waals surface area contributed by atoms with Gasteiger partial charge < -0.3 is 4.74 Å². The predicted molar refractivity (Wildman–Crippen MR) is 63.3 cm³/mol. The minimum atomic E-state index is -3.40. The molecular weight excluding hydrogens is 248 g/mol. The highest BCUT2D eigenvalue weighted by atomic mass is 35.7. The van der Waals surface area contributed by atoms with Crippen LogP contribution in [0.2, 0.25) is 0 Å². The summed E-state index contributed by atoms with van der Waals surface area (Å²) in [5.74, 6) is 0.451. The molecule has 0 saturated carbocycles. The summed E-state index contributed by atoms with van der Waals surface area (Å²) in [7, 11) is 1.78. The second kappa shape index (κ2) is 4.73. The highest BCUT2D eigenvalue weighted by molar-refractivity contribution is 8.13. The summed E-state index contributed by atoms with van der Waals surface area (Å²) in [6, 6.07) is 7.95. The van der Waals surface area contributed by atoms with Crippen LogP contribution in [0.5, 0.6) is 0 Å². The molecule has 5 heteroatoms. The van der Waals surface area contributed by atoms with E-state index in [4.69, 9.17) is 15.4 Å². The predicted octanol–water partition coefficient (Wildman–Crippen LogP) is 1.91. The molecule has 1 fully saturated rings. The van der Waals surface area contributed by atoms with E-state index in [9.17, 15) is 8.42 Å². The van der Waals surface area contributed by atoms with Crippen LogP contribution in [-0.2, 0) is 20.2 Å². The third-order valence-corrected chi connectivity index (χ3v) is 3.85. The summed E-state index contributed by atoms with van der Waals surface area (Å²) in [6.07, 6.45) is 0.466. The number of hydrogen-bond acceptors (Lipinski definition) is 3. The minimum absolute atomic E-state index is 0.0147. The molecule has 1 aromatic rings. The largest absolute Gasteiger partial charge is 0.380 e. The lowest BCUT2D eigenvalue weighted by Crippen LogP contribution is -2.25. The zero-order valence-electron chi connectivity index (χ0n) is 8.73. The zero-order chi connectivity index (χ0) is 11.6. The number of benzene rings is 1. The lowest BCUT2D eigenvalue weighted by molar-refractivity contribution is 0.00840. The Morgan fingerprint density at radius 3 is 2.69 bits per heavy atom. The maximum atomic E-state index is 10.8. The van der Waals surface area contributed by atoms with Crippen LogP contribution < -0.4 is 0 Å². The first-order valence-electron chi connectivity index (χ1n) is 5.13. The van der Waals surface area contributed by atoms with E-state index >= 15 is 0 Å². The highest BCUT2D eigenvalue weighted by Gasteiger charge is 2.20. The average Bonchev–Trinajstić information content (AvgIpc) is 2.12. The summed E-state index contributed by atoms with van der Waals surface area (Å²) in [6.45, 7) is 1.52. The summed E-state index contributed by atoms with van der Waals surface area (Å²) >= 11 is 0. The van der Waals surface area contributed by atoms with Crippen LogP contribution in [-0.4, -0.2) is 27.4 Å². The van der Waals surface area contributed by atoms with Crippen molar-refractivity contribution in [3.63, 3.8) is 0 Å². The first-order valence-corrected chi connectivity index (χ1v) is 7.61. The molecule has 1 heterocycles. The van der Waals surface area contributed by atoms with Gasteiger partial charge in [0.2, 0.25) is 9.05 Å². The smallest absolute Gasteiger partial charge is 0.232 e. The summed E-state index contributed by atoms with van der Waals surface area (Å²) in [4.78, 5) is 0. The summed E-state index contributed by atoms with van der Waals surface area (Å²) < 4.78 is 26.8. The van der Waals surface area contributed by atoms with E-state index < -0.39 is 9.05 Å². The van der Waals surface area contributed by atoms with Crippen LogP contribution in [0.1, 0.15) is 17.0 Å². The van der Waals surface area contributed by atoms with Crippen molar-refractivity contribution in [2.75, 3.05) is 19.0 Å². The Kier molecular flexibility index (Phi) is 3.52. The van der Waals surface area contributed by atoms with Crippen molar-refractivity contribution in [1.29, 1.82) is 0 Å². The van der Waals surface area contributed by atoms with Crippen molar-refractivity contribution in [1.82, 2.24) is 0 Å². The van der Waals surface area contributed by atoms with Gasteiger partial charge in [-0.1, -0.05) is 24.3 Å². The molecule has 88 valence electrons. The molecule has 1 aromatic carbocycles. The topological polar surface area (TPSA) is 43.4 Å². The van der Waals surface area contributed by atoms with Gasteiger partial charge in [0.05, 0.1) is 19.0 Å². The first-order chi connectivity index (χ1) is 7.54. The number of halogens is 1. The molecule has 0 spiro atoms. The van der Waals surface area contributed by atoms with Crippen molar-refractivity contribution >= 4 is 19.7 Å². The Morgan fingerprint density at radius 1 is 1.38 bits per heavy atom. The van der Waals surface area contributed by atoms with Crippen molar-refractivity contribution in [2.45, 2.75) is 12.3 Å². The molecule has 0 N–H and O–H groups in total. The fourth-order valence-corrected chi connectivity index (χ4v) is 2.38. The third kappa shape index (κ3) is 3.20. The molecule has 1 aliphatic rings. The van der Waals surface area contributed by atoms with Crippen molar-refractivity contribution < 1.29 is 13.2 Å². The Bertz CT molecular complexity index is 466. The second-order valence-corrected chi connectivity index (χ2v) is 6.87. The van der Waals surface area contributed by atoms with Gasteiger partial charge in [-0.25, -0.2) is 8.42 Å². The molecule has 0 unspecified atom stereocenters. The molecule has 0 aliphatic carbocycles. The van der Waals surface area contributed by atoms with E-state index in [1.807, 2.05) is 24.3 Å². The van der Waals surface area contributed by atoms with Crippen LogP contribution in [0.3, 0.4) is 0 Å². The maximum Gasteiger partial charge on any atom is 0.232 e. The third-order valence-electron chi connectivity index (χ3n) is 2.70. The Morgan fingerprint density at radius 2 is 2.12 bits per heavy atom. The fraction of sp³-hybridized carbons (Fsp3) is 0.455. The van der Waals surface area contributed by atoms with E-state index in [0.29, 0.717) is 12.3 Å². The normalized spacial score (nSPS) is 17.1. The van der Waals surface area contributed by atoms with Crippen LogP contribution >= 0.6 is 10.7 Å². The summed E-state index contributed by atoms with van der Waals surface area (Å²) in [5.41, 5.74) is 2.23. The van der Waals surface area contributed by atoms with E-state index in [1.165, 1.54) is 5.56 Å². The quantitative estimate of drug-likeness (QED) is 0.777. The summed E-state index contributed by atoms with van der Waals surface area (Å²) in [5, 5.41) is 0. The molecule has 0 bridgehead atoms. The van der Waals surface area contributed by atoms with Crippen molar-refractivity contribution in [3.8, 4) is 0 Å². The van der Waals surface area contributed by atoms with Gasteiger partial charge in [-0.05, 0) is 17.5 Å². The number of hydrogen-bond donors (Lipinski definition) is 0.